The standard InChI is InChI=1S/C21H20ClF4N9O/c1-34-16(21(24,25)26)5-15(33-34)12-8-30-17(22)6-14(12)29-7-11(23)10-36-20-13(9-31-35(20)2)19-28-4-3-18(27)32-19/h3-6,8-9,11H,7,10H2,1-2H3,(H,29,30)(H2,27,28,32)/t11-/m0/s1. The van der Waals surface area contributed by atoms with E-state index >= 15 is 0 Å². The minimum absolute atomic E-state index is 0.00445. The summed E-state index contributed by atoms with van der Waals surface area (Å²) >= 11 is 5.96. The average molecular weight is 526 g/mol. The monoisotopic (exact) mass is 525 g/mol. The number of halogens is 5. The summed E-state index contributed by atoms with van der Waals surface area (Å²) in [7, 11) is 2.79. The second-order valence-corrected chi connectivity index (χ2v) is 8.06. The Morgan fingerprint density at radius 2 is 1.92 bits per heavy atom. The van der Waals surface area contributed by atoms with Crippen LogP contribution in [0.3, 0.4) is 0 Å². The first kappa shape index (κ1) is 25.2. The second-order valence-electron chi connectivity index (χ2n) is 7.67. The number of nitrogens with one attached hydrogen (secondary N) is 1. The minimum atomic E-state index is -4.59. The van der Waals surface area contributed by atoms with Crippen molar-refractivity contribution in [1.82, 2.24) is 34.5 Å². The minimum Gasteiger partial charge on any atom is -0.474 e. The van der Waals surface area contributed by atoms with Crippen LogP contribution in [0.2, 0.25) is 5.15 Å². The predicted molar refractivity (Wildman–Crippen MR) is 124 cm³/mol. The third-order valence-corrected chi connectivity index (χ3v) is 5.24. The van der Waals surface area contributed by atoms with Gasteiger partial charge in [0.05, 0.1) is 11.9 Å². The van der Waals surface area contributed by atoms with Gasteiger partial charge in [0.25, 0.3) is 0 Å². The fourth-order valence-electron chi connectivity index (χ4n) is 3.35. The van der Waals surface area contributed by atoms with E-state index in [0.717, 1.165) is 10.7 Å². The first-order chi connectivity index (χ1) is 17.0. The number of aromatic nitrogens is 7. The van der Waals surface area contributed by atoms with Crippen LogP contribution in [0.15, 0.2) is 36.8 Å². The van der Waals surface area contributed by atoms with Gasteiger partial charge in [0.2, 0.25) is 5.88 Å². The van der Waals surface area contributed by atoms with Crippen LogP contribution in [0, 0.1) is 0 Å². The van der Waals surface area contributed by atoms with Crippen molar-refractivity contribution in [2.24, 2.45) is 14.1 Å². The molecule has 0 bridgehead atoms. The number of rotatable bonds is 8. The third kappa shape index (κ3) is 5.48. The lowest BCUT2D eigenvalue weighted by Gasteiger charge is -2.15. The first-order valence-electron chi connectivity index (χ1n) is 10.4. The number of nitrogen functional groups attached to an aromatic ring is 1. The summed E-state index contributed by atoms with van der Waals surface area (Å²) in [4.78, 5) is 12.2. The fraction of sp³-hybridized carbons (Fsp3) is 0.286. The van der Waals surface area contributed by atoms with Gasteiger partial charge in [-0.05, 0) is 18.2 Å². The Morgan fingerprint density at radius 3 is 2.61 bits per heavy atom. The number of alkyl halides is 4. The van der Waals surface area contributed by atoms with Crippen molar-refractivity contribution < 1.29 is 22.3 Å². The molecule has 4 rings (SSSR count). The van der Waals surface area contributed by atoms with Crippen molar-refractivity contribution in [3.63, 3.8) is 0 Å². The molecule has 0 radical (unpaired) electrons. The predicted octanol–water partition coefficient (Wildman–Crippen LogP) is 3.76. The number of hydrogen-bond acceptors (Lipinski definition) is 8. The van der Waals surface area contributed by atoms with Gasteiger partial charge >= 0.3 is 6.18 Å². The Balaban J connectivity index is 1.46. The molecule has 0 amide bonds. The lowest BCUT2D eigenvalue weighted by molar-refractivity contribution is -0.143. The van der Waals surface area contributed by atoms with Crippen LogP contribution in [-0.4, -0.2) is 53.8 Å². The summed E-state index contributed by atoms with van der Waals surface area (Å²) in [5, 5.41) is 10.9. The maximum absolute atomic E-state index is 14.8. The van der Waals surface area contributed by atoms with E-state index in [2.05, 4.69) is 30.5 Å². The Bertz CT molecular complexity index is 1370. The second kappa shape index (κ2) is 9.97. The quantitative estimate of drug-likeness (QED) is 0.263. The summed E-state index contributed by atoms with van der Waals surface area (Å²) in [5.41, 5.74) is 5.69. The highest BCUT2D eigenvalue weighted by Gasteiger charge is 2.35. The van der Waals surface area contributed by atoms with E-state index in [4.69, 9.17) is 22.1 Å². The van der Waals surface area contributed by atoms with Gasteiger partial charge in [-0.25, -0.2) is 24.0 Å². The highest BCUT2D eigenvalue weighted by atomic mass is 35.5. The maximum atomic E-state index is 14.8. The number of ether oxygens (including phenoxy) is 1. The average Bonchev–Trinajstić information content (AvgIpc) is 3.38. The van der Waals surface area contributed by atoms with Gasteiger partial charge < -0.3 is 15.8 Å². The van der Waals surface area contributed by atoms with Crippen LogP contribution in [-0.2, 0) is 20.3 Å². The molecule has 1 atom stereocenters. The molecule has 0 fully saturated rings. The molecule has 0 saturated carbocycles. The van der Waals surface area contributed by atoms with E-state index in [1.807, 2.05) is 0 Å². The lowest BCUT2D eigenvalue weighted by atomic mass is 10.1. The summed E-state index contributed by atoms with van der Waals surface area (Å²) < 4.78 is 62.1. The smallest absolute Gasteiger partial charge is 0.433 e. The Kier molecular flexibility index (Phi) is 6.97. The van der Waals surface area contributed by atoms with Crippen molar-refractivity contribution in [2.45, 2.75) is 12.3 Å². The number of nitrogens with zero attached hydrogens (tertiary/aromatic N) is 7. The lowest BCUT2D eigenvalue weighted by Crippen LogP contribution is -2.23. The van der Waals surface area contributed by atoms with Gasteiger partial charge in [-0.3, -0.25) is 4.68 Å². The van der Waals surface area contributed by atoms with Gasteiger partial charge in [-0.2, -0.15) is 23.4 Å². The molecule has 36 heavy (non-hydrogen) atoms. The molecule has 0 aliphatic carbocycles. The van der Waals surface area contributed by atoms with Crippen molar-refractivity contribution in [2.75, 3.05) is 24.2 Å². The maximum Gasteiger partial charge on any atom is 0.433 e. The van der Waals surface area contributed by atoms with E-state index in [9.17, 15) is 17.6 Å². The Morgan fingerprint density at radius 1 is 1.14 bits per heavy atom. The van der Waals surface area contributed by atoms with E-state index < -0.39 is 18.0 Å². The summed E-state index contributed by atoms with van der Waals surface area (Å²) in [5.74, 6) is 0.768. The van der Waals surface area contributed by atoms with Crippen molar-refractivity contribution in [3.8, 4) is 28.5 Å². The zero-order valence-electron chi connectivity index (χ0n) is 19.0. The molecule has 0 saturated heterocycles. The molecule has 0 spiro atoms. The SMILES string of the molecule is Cn1nc(-c2cnc(Cl)cc2NC[C@H](F)COc2c(-c3nccc(N)n3)cnn2C)cc1C(F)(F)F. The number of anilines is 2. The molecular weight excluding hydrogens is 506 g/mol. The van der Waals surface area contributed by atoms with Crippen LogP contribution in [0.25, 0.3) is 22.6 Å². The third-order valence-electron chi connectivity index (χ3n) is 5.03. The van der Waals surface area contributed by atoms with Crippen LogP contribution in [0.4, 0.5) is 29.1 Å². The number of nitrogens with two attached hydrogens (primary N) is 1. The highest BCUT2D eigenvalue weighted by Crippen LogP contribution is 2.34. The van der Waals surface area contributed by atoms with Gasteiger partial charge in [0, 0.05) is 44.3 Å². The van der Waals surface area contributed by atoms with Gasteiger partial charge in [0.1, 0.15) is 28.8 Å². The van der Waals surface area contributed by atoms with Crippen molar-refractivity contribution >= 4 is 23.1 Å². The van der Waals surface area contributed by atoms with E-state index in [1.54, 1.807) is 7.05 Å². The van der Waals surface area contributed by atoms with E-state index in [-0.39, 0.29) is 52.8 Å². The molecule has 0 unspecified atom stereocenters. The van der Waals surface area contributed by atoms with Crippen LogP contribution < -0.4 is 15.8 Å². The molecule has 190 valence electrons. The van der Waals surface area contributed by atoms with Gasteiger partial charge in [0.15, 0.2) is 12.0 Å². The normalized spacial score (nSPS) is 12.5. The van der Waals surface area contributed by atoms with Gasteiger partial charge in [-0.1, -0.05) is 11.6 Å². The van der Waals surface area contributed by atoms with Gasteiger partial charge in [-0.15, -0.1) is 0 Å². The molecular formula is C21H20ClF4N9O. The molecule has 4 aromatic rings. The summed E-state index contributed by atoms with van der Waals surface area (Å²) in [6.45, 7) is -0.605. The first-order valence-corrected chi connectivity index (χ1v) is 10.8. The molecule has 4 heterocycles. The highest BCUT2D eigenvalue weighted by molar-refractivity contribution is 6.29. The molecule has 4 aromatic heterocycles. The molecule has 0 aliphatic rings. The zero-order valence-corrected chi connectivity index (χ0v) is 19.7. The topological polar surface area (TPSA) is 122 Å². The summed E-state index contributed by atoms with van der Waals surface area (Å²) in [6.07, 6.45) is -1.89. The van der Waals surface area contributed by atoms with Crippen LogP contribution in [0.1, 0.15) is 5.69 Å². The van der Waals surface area contributed by atoms with Crippen molar-refractivity contribution in [3.05, 3.63) is 47.6 Å². The number of aryl methyl sites for hydroxylation is 2. The fourth-order valence-corrected chi connectivity index (χ4v) is 3.50. The van der Waals surface area contributed by atoms with Crippen LogP contribution in [0.5, 0.6) is 5.88 Å². The molecule has 10 nitrogen and oxygen atoms in total. The summed E-state index contributed by atoms with van der Waals surface area (Å²) in [6, 6.07) is 3.79. The van der Waals surface area contributed by atoms with E-state index in [1.165, 1.54) is 42.5 Å². The number of pyridine rings is 1. The molecule has 0 aliphatic heterocycles. The number of hydrogen-bond donors (Lipinski definition) is 2. The van der Waals surface area contributed by atoms with Crippen molar-refractivity contribution in [1.29, 1.82) is 0 Å². The Hall–Kier alpha value is -3.94. The molecule has 3 N–H and O–H groups in total. The molecule has 0 aromatic carbocycles. The largest absolute Gasteiger partial charge is 0.474 e. The Labute approximate surface area is 207 Å². The van der Waals surface area contributed by atoms with Crippen LogP contribution >= 0.6 is 11.6 Å². The van der Waals surface area contributed by atoms with E-state index in [0.29, 0.717) is 5.56 Å². The molecule has 15 heteroatoms. The zero-order chi connectivity index (χ0) is 26.0.